The van der Waals surface area contributed by atoms with Crippen molar-refractivity contribution in [1.29, 1.82) is 0 Å². The smallest absolute Gasteiger partial charge is 0.380 e. The Bertz CT molecular complexity index is 914. The Morgan fingerprint density at radius 1 is 1.12 bits per heavy atom. The summed E-state index contributed by atoms with van der Waals surface area (Å²) in [5.41, 5.74) is -0.538. The fourth-order valence-corrected chi connectivity index (χ4v) is 2.86. The summed E-state index contributed by atoms with van der Waals surface area (Å²) >= 11 is 0. The third-order valence-electron chi connectivity index (χ3n) is 4.57. The summed E-state index contributed by atoms with van der Waals surface area (Å²) in [6.07, 6.45) is 1.70. The van der Waals surface area contributed by atoms with E-state index in [0.29, 0.717) is 37.4 Å². The van der Waals surface area contributed by atoms with Crippen molar-refractivity contribution >= 4 is 12.4 Å². The van der Waals surface area contributed by atoms with Crippen LogP contribution in [0.2, 0.25) is 0 Å². The lowest BCUT2D eigenvalue weighted by Crippen LogP contribution is -2.12. The number of unbranched alkanes of at least 4 members (excludes halogenated alkanes) is 2. The number of carbonyl (C=O) groups excluding carboxylic acids is 1. The number of hydrogen-bond donors (Lipinski definition) is 0. The van der Waals surface area contributed by atoms with E-state index < -0.39 is 24.2 Å². The molecule has 0 unspecified atom stereocenters. The van der Waals surface area contributed by atoms with E-state index in [1.165, 1.54) is 6.07 Å². The van der Waals surface area contributed by atoms with Crippen LogP contribution in [0, 0.1) is 5.82 Å². The molecule has 0 bridgehead atoms. The van der Waals surface area contributed by atoms with Crippen molar-refractivity contribution in [3.8, 4) is 11.3 Å². The first-order chi connectivity index (χ1) is 15.1. The van der Waals surface area contributed by atoms with E-state index in [9.17, 15) is 31.1 Å². The lowest BCUT2D eigenvalue weighted by molar-refractivity contribution is -0.137. The largest absolute Gasteiger partial charge is 0.417 e. The molecule has 1 aromatic carbocycles. The average Bonchev–Trinajstić information content (AvgIpc) is 2.74. The van der Waals surface area contributed by atoms with Crippen molar-refractivity contribution in [1.82, 2.24) is 9.88 Å². The number of halogens is 6. The number of rotatable bonds is 11. The molecule has 0 aliphatic carbocycles. The SMILES string of the molecule is CN(/C=C\c1cc(-c2ccc(C(F)(F)F)cn2)c(F)cc1C=O)CCCCCOC(F)F. The summed E-state index contributed by atoms with van der Waals surface area (Å²) in [4.78, 5) is 16.8. The Kier molecular flexibility index (Phi) is 9.25. The molecular formula is C22H22F6N2O2. The minimum Gasteiger partial charge on any atom is -0.380 e. The number of aldehydes is 1. The van der Waals surface area contributed by atoms with Crippen LogP contribution >= 0.6 is 0 Å². The molecule has 10 heteroatoms. The third-order valence-corrected chi connectivity index (χ3v) is 4.57. The number of hydrogen-bond acceptors (Lipinski definition) is 4. The lowest BCUT2D eigenvalue weighted by atomic mass is 10.0. The zero-order valence-corrected chi connectivity index (χ0v) is 17.2. The number of pyridine rings is 1. The summed E-state index contributed by atoms with van der Waals surface area (Å²) in [7, 11) is 1.77. The summed E-state index contributed by atoms with van der Waals surface area (Å²) in [6.45, 7) is -2.18. The van der Waals surface area contributed by atoms with Gasteiger partial charge in [0.1, 0.15) is 5.82 Å². The van der Waals surface area contributed by atoms with E-state index in [0.717, 1.165) is 24.6 Å². The zero-order chi connectivity index (χ0) is 23.7. The summed E-state index contributed by atoms with van der Waals surface area (Å²) < 4.78 is 80.5. The Hall–Kier alpha value is -2.88. The van der Waals surface area contributed by atoms with E-state index in [1.54, 1.807) is 19.3 Å². The van der Waals surface area contributed by atoms with Gasteiger partial charge in [0.2, 0.25) is 0 Å². The number of nitrogens with zero attached hydrogens (tertiary/aromatic N) is 2. The number of alkyl halides is 5. The first-order valence-corrected chi connectivity index (χ1v) is 9.72. The highest BCUT2D eigenvalue weighted by molar-refractivity contribution is 5.84. The van der Waals surface area contributed by atoms with E-state index in [1.807, 2.05) is 4.90 Å². The summed E-state index contributed by atoms with van der Waals surface area (Å²) in [5.74, 6) is -0.782. The molecular weight excluding hydrogens is 438 g/mol. The van der Waals surface area contributed by atoms with Gasteiger partial charge in [0.25, 0.3) is 0 Å². The number of benzene rings is 1. The third kappa shape index (κ3) is 7.67. The second kappa shape index (κ2) is 11.7. The molecule has 0 spiro atoms. The Morgan fingerprint density at radius 2 is 1.88 bits per heavy atom. The predicted molar refractivity (Wildman–Crippen MR) is 107 cm³/mol. The van der Waals surface area contributed by atoms with Crippen LogP contribution < -0.4 is 0 Å². The van der Waals surface area contributed by atoms with Crippen LogP contribution in [0.5, 0.6) is 0 Å². The molecule has 0 fully saturated rings. The van der Waals surface area contributed by atoms with Crippen LogP contribution in [0.4, 0.5) is 26.3 Å². The molecule has 4 nitrogen and oxygen atoms in total. The van der Waals surface area contributed by atoms with Crippen molar-refractivity contribution in [2.75, 3.05) is 20.2 Å². The number of aromatic nitrogens is 1. The molecule has 32 heavy (non-hydrogen) atoms. The molecule has 2 rings (SSSR count). The van der Waals surface area contributed by atoms with Crippen molar-refractivity contribution in [3.05, 3.63) is 59.2 Å². The minimum atomic E-state index is -4.56. The van der Waals surface area contributed by atoms with Gasteiger partial charge in [-0.25, -0.2) is 4.39 Å². The molecule has 0 radical (unpaired) electrons. The van der Waals surface area contributed by atoms with Gasteiger partial charge in [-0.2, -0.15) is 22.0 Å². The van der Waals surface area contributed by atoms with Gasteiger partial charge in [0, 0.05) is 30.9 Å². The van der Waals surface area contributed by atoms with Crippen LogP contribution in [0.3, 0.4) is 0 Å². The molecule has 2 aromatic rings. The number of carbonyl (C=O) groups is 1. The van der Waals surface area contributed by atoms with Gasteiger partial charge < -0.3 is 9.64 Å². The van der Waals surface area contributed by atoms with Crippen LogP contribution in [-0.4, -0.2) is 43.0 Å². The Balaban J connectivity index is 2.08. The van der Waals surface area contributed by atoms with Crippen LogP contribution in [0.15, 0.2) is 36.7 Å². The fraction of sp³-hybridized carbons (Fsp3) is 0.364. The molecule has 0 atom stereocenters. The van der Waals surface area contributed by atoms with Gasteiger partial charge in [-0.15, -0.1) is 0 Å². The van der Waals surface area contributed by atoms with Gasteiger partial charge in [-0.1, -0.05) is 0 Å². The quantitative estimate of drug-likeness (QED) is 0.233. The highest BCUT2D eigenvalue weighted by Crippen LogP contribution is 2.31. The van der Waals surface area contributed by atoms with Gasteiger partial charge in [0.15, 0.2) is 6.29 Å². The highest BCUT2D eigenvalue weighted by Gasteiger charge is 2.30. The second-order valence-corrected chi connectivity index (χ2v) is 7.00. The minimum absolute atomic E-state index is 0.00182. The zero-order valence-electron chi connectivity index (χ0n) is 17.2. The molecule has 1 aromatic heterocycles. The maximum absolute atomic E-state index is 14.4. The average molecular weight is 460 g/mol. The molecule has 0 saturated heterocycles. The van der Waals surface area contributed by atoms with Crippen LogP contribution in [0.1, 0.15) is 40.7 Å². The van der Waals surface area contributed by atoms with Crippen molar-refractivity contribution < 1.29 is 35.9 Å². The Labute approximate surface area is 181 Å². The van der Waals surface area contributed by atoms with Crippen molar-refractivity contribution in [2.24, 2.45) is 0 Å². The van der Waals surface area contributed by atoms with Gasteiger partial charge in [-0.05, 0) is 61.4 Å². The second-order valence-electron chi connectivity index (χ2n) is 7.00. The molecule has 0 aliphatic heterocycles. The van der Waals surface area contributed by atoms with Gasteiger partial charge in [0.05, 0.1) is 17.9 Å². The van der Waals surface area contributed by atoms with Crippen molar-refractivity contribution in [2.45, 2.75) is 32.1 Å². The topological polar surface area (TPSA) is 42.4 Å². The van der Waals surface area contributed by atoms with Crippen molar-refractivity contribution in [3.63, 3.8) is 0 Å². The summed E-state index contributed by atoms with van der Waals surface area (Å²) in [5, 5.41) is 0. The maximum atomic E-state index is 14.4. The standard InChI is InChI=1S/C22H22F6N2O2/c1-30(8-3-2-4-10-32-21(24)25)9-7-15-11-18(19(23)12-16(15)14-31)20-6-5-17(13-29-20)22(26,27)28/h5-7,9,11-14,21H,2-4,8,10H2,1H3/b9-7-. The van der Waals surface area contributed by atoms with E-state index in [2.05, 4.69) is 9.72 Å². The van der Waals surface area contributed by atoms with Crippen LogP contribution in [-0.2, 0) is 10.9 Å². The van der Waals surface area contributed by atoms with E-state index in [4.69, 9.17) is 0 Å². The highest BCUT2D eigenvalue weighted by atomic mass is 19.4. The normalized spacial score (nSPS) is 12.0. The monoisotopic (exact) mass is 460 g/mol. The van der Waals surface area contributed by atoms with Gasteiger partial charge in [-0.3, -0.25) is 9.78 Å². The first kappa shape index (κ1) is 25.4. The lowest BCUT2D eigenvalue weighted by Gasteiger charge is -2.14. The number of ether oxygens (including phenoxy) is 1. The van der Waals surface area contributed by atoms with E-state index in [-0.39, 0.29) is 23.4 Å². The van der Waals surface area contributed by atoms with E-state index >= 15 is 0 Å². The predicted octanol–water partition coefficient (Wildman–Crippen LogP) is 6.03. The van der Waals surface area contributed by atoms with Crippen LogP contribution in [0.25, 0.3) is 17.3 Å². The molecule has 0 N–H and O–H groups in total. The molecule has 0 amide bonds. The molecule has 1 heterocycles. The Morgan fingerprint density at radius 3 is 2.47 bits per heavy atom. The summed E-state index contributed by atoms with van der Waals surface area (Å²) in [6, 6.07) is 4.23. The molecule has 174 valence electrons. The fourth-order valence-electron chi connectivity index (χ4n) is 2.86. The molecule has 0 saturated carbocycles. The maximum Gasteiger partial charge on any atom is 0.417 e. The van der Waals surface area contributed by atoms with Gasteiger partial charge >= 0.3 is 12.8 Å². The first-order valence-electron chi connectivity index (χ1n) is 9.72. The molecule has 0 aliphatic rings.